The Hall–Kier alpha value is -0.860. The van der Waals surface area contributed by atoms with E-state index >= 15 is 0 Å². The summed E-state index contributed by atoms with van der Waals surface area (Å²) < 4.78 is 0. The molecule has 0 aromatic heterocycles. The van der Waals surface area contributed by atoms with Crippen LogP contribution < -0.4 is 5.73 Å². The fourth-order valence-electron chi connectivity index (χ4n) is 0.931. The van der Waals surface area contributed by atoms with Gasteiger partial charge in [-0.3, -0.25) is 5.73 Å². The minimum Gasteiger partial charge on any atom is -0.372 e. The van der Waals surface area contributed by atoms with Crippen LogP contribution in [0.3, 0.4) is 0 Å². The molecule has 1 rings (SSSR count). The highest BCUT2D eigenvalue weighted by Gasteiger charge is 2.19. The van der Waals surface area contributed by atoms with Gasteiger partial charge in [0, 0.05) is 0 Å². The van der Waals surface area contributed by atoms with Crippen molar-refractivity contribution in [2.24, 2.45) is 5.73 Å². The van der Waals surface area contributed by atoms with Crippen molar-refractivity contribution < 1.29 is 5.11 Å². The fraction of sp³-hybridized carbons (Fsp3) is 0.333. The van der Waals surface area contributed by atoms with Gasteiger partial charge in [-0.25, -0.2) is 0 Å². The molecular weight excluding hydrogens is 138 g/mol. The molecule has 0 radical (unpaired) electrons. The minimum atomic E-state index is -1.17. The van der Waals surface area contributed by atoms with E-state index in [4.69, 9.17) is 5.73 Å². The Morgan fingerprint density at radius 1 is 1.36 bits per heavy atom. The molecule has 0 bridgehead atoms. The summed E-state index contributed by atoms with van der Waals surface area (Å²) in [6, 6.07) is 9.27. The Morgan fingerprint density at radius 3 is 2.36 bits per heavy atom. The van der Waals surface area contributed by atoms with Crippen molar-refractivity contribution in [3.63, 3.8) is 0 Å². The normalized spacial score (nSPS) is 15.9. The summed E-state index contributed by atoms with van der Waals surface area (Å²) in [5.41, 5.74) is 5.19. The third-order valence-electron chi connectivity index (χ3n) is 1.81. The molecule has 0 saturated carbocycles. The largest absolute Gasteiger partial charge is 0.372 e. The maximum Gasteiger partial charge on any atom is 0.139 e. The number of hydrogen-bond acceptors (Lipinski definition) is 2. The van der Waals surface area contributed by atoms with E-state index in [1.165, 1.54) is 0 Å². The van der Waals surface area contributed by atoms with E-state index in [0.717, 1.165) is 5.56 Å². The lowest BCUT2D eigenvalue weighted by Gasteiger charge is -2.21. The van der Waals surface area contributed by atoms with Crippen LogP contribution in [0.5, 0.6) is 0 Å². The molecule has 0 saturated heterocycles. The molecule has 0 aliphatic heterocycles. The van der Waals surface area contributed by atoms with E-state index in [2.05, 4.69) is 0 Å². The van der Waals surface area contributed by atoms with E-state index in [-0.39, 0.29) is 0 Å². The SMILES string of the molecule is CC[C@](N)(O)c1ccccc1. The van der Waals surface area contributed by atoms with Gasteiger partial charge in [-0.05, 0) is 12.0 Å². The van der Waals surface area contributed by atoms with Gasteiger partial charge in [0.15, 0.2) is 0 Å². The Labute approximate surface area is 66.7 Å². The van der Waals surface area contributed by atoms with Crippen molar-refractivity contribution >= 4 is 0 Å². The zero-order valence-electron chi connectivity index (χ0n) is 6.62. The predicted octanol–water partition coefficient (Wildman–Crippen LogP) is 1.20. The summed E-state index contributed by atoms with van der Waals surface area (Å²) in [7, 11) is 0. The van der Waals surface area contributed by atoms with Gasteiger partial charge in [-0.15, -0.1) is 0 Å². The molecule has 2 nitrogen and oxygen atoms in total. The second-order valence-electron chi connectivity index (χ2n) is 2.64. The third-order valence-corrected chi connectivity index (χ3v) is 1.81. The summed E-state index contributed by atoms with van der Waals surface area (Å²) in [5, 5.41) is 9.57. The lowest BCUT2D eigenvalue weighted by Crippen LogP contribution is -2.35. The highest BCUT2D eigenvalue weighted by atomic mass is 16.3. The van der Waals surface area contributed by atoms with Gasteiger partial charge in [0.2, 0.25) is 0 Å². The molecule has 1 atom stereocenters. The molecule has 0 amide bonds. The van der Waals surface area contributed by atoms with Crippen LogP contribution in [0.1, 0.15) is 18.9 Å². The molecule has 0 spiro atoms. The lowest BCUT2D eigenvalue weighted by molar-refractivity contribution is 0.0395. The van der Waals surface area contributed by atoms with Gasteiger partial charge in [0.25, 0.3) is 0 Å². The zero-order chi connectivity index (χ0) is 8.32. The molecule has 0 unspecified atom stereocenters. The molecular formula is C9H13NO. The van der Waals surface area contributed by atoms with E-state index in [9.17, 15) is 5.11 Å². The van der Waals surface area contributed by atoms with Gasteiger partial charge in [0.1, 0.15) is 5.72 Å². The van der Waals surface area contributed by atoms with Crippen molar-refractivity contribution in [1.82, 2.24) is 0 Å². The van der Waals surface area contributed by atoms with Crippen molar-refractivity contribution in [3.8, 4) is 0 Å². The van der Waals surface area contributed by atoms with E-state index in [1.807, 2.05) is 37.3 Å². The van der Waals surface area contributed by atoms with Crippen LogP contribution in [0.4, 0.5) is 0 Å². The Morgan fingerprint density at radius 2 is 1.91 bits per heavy atom. The van der Waals surface area contributed by atoms with Gasteiger partial charge >= 0.3 is 0 Å². The zero-order valence-corrected chi connectivity index (χ0v) is 6.62. The van der Waals surface area contributed by atoms with Crippen LogP contribution in [0.2, 0.25) is 0 Å². The van der Waals surface area contributed by atoms with Gasteiger partial charge < -0.3 is 5.11 Å². The van der Waals surface area contributed by atoms with Crippen LogP contribution in [-0.4, -0.2) is 5.11 Å². The van der Waals surface area contributed by atoms with Gasteiger partial charge in [-0.2, -0.15) is 0 Å². The first-order chi connectivity index (χ1) is 5.17. The highest BCUT2D eigenvalue weighted by Crippen LogP contribution is 2.17. The number of benzene rings is 1. The van der Waals surface area contributed by atoms with Crippen LogP contribution >= 0.6 is 0 Å². The Bertz CT molecular complexity index is 218. The second kappa shape index (κ2) is 3.03. The van der Waals surface area contributed by atoms with Crippen molar-refractivity contribution in [3.05, 3.63) is 35.9 Å². The summed E-state index contributed by atoms with van der Waals surface area (Å²) in [4.78, 5) is 0. The summed E-state index contributed by atoms with van der Waals surface area (Å²) in [6.07, 6.45) is 0.525. The highest BCUT2D eigenvalue weighted by molar-refractivity contribution is 5.20. The monoisotopic (exact) mass is 151 g/mol. The van der Waals surface area contributed by atoms with E-state index < -0.39 is 5.72 Å². The molecule has 3 N–H and O–H groups in total. The average Bonchev–Trinajstić information content (AvgIpc) is 2.06. The summed E-state index contributed by atoms with van der Waals surface area (Å²) in [6.45, 7) is 1.85. The molecule has 11 heavy (non-hydrogen) atoms. The number of hydrogen-bond donors (Lipinski definition) is 2. The maximum absolute atomic E-state index is 9.57. The van der Waals surface area contributed by atoms with Crippen molar-refractivity contribution in [1.29, 1.82) is 0 Å². The standard InChI is InChI=1S/C9H13NO/c1-2-9(10,11)8-6-4-3-5-7-8/h3-7,11H,2,10H2,1H3/t9-/m0/s1. The second-order valence-corrected chi connectivity index (χ2v) is 2.64. The van der Waals surface area contributed by atoms with Crippen LogP contribution in [-0.2, 0) is 5.72 Å². The molecule has 0 heterocycles. The van der Waals surface area contributed by atoms with Crippen molar-refractivity contribution in [2.75, 3.05) is 0 Å². The van der Waals surface area contributed by atoms with Crippen LogP contribution in [0.25, 0.3) is 0 Å². The Balaban J connectivity index is 2.93. The lowest BCUT2D eigenvalue weighted by atomic mass is 10.0. The molecule has 1 aromatic carbocycles. The number of nitrogens with two attached hydrogens (primary N) is 1. The summed E-state index contributed by atoms with van der Waals surface area (Å²) >= 11 is 0. The van der Waals surface area contributed by atoms with Gasteiger partial charge in [-0.1, -0.05) is 37.3 Å². The van der Waals surface area contributed by atoms with Crippen molar-refractivity contribution in [2.45, 2.75) is 19.1 Å². The molecule has 0 fully saturated rings. The van der Waals surface area contributed by atoms with E-state index in [1.54, 1.807) is 0 Å². The minimum absolute atomic E-state index is 0.525. The average molecular weight is 151 g/mol. The van der Waals surface area contributed by atoms with Crippen LogP contribution in [0, 0.1) is 0 Å². The molecule has 0 aliphatic carbocycles. The third kappa shape index (κ3) is 1.79. The van der Waals surface area contributed by atoms with E-state index in [0.29, 0.717) is 6.42 Å². The smallest absolute Gasteiger partial charge is 0.139 e. The quantitative estimate of drug-likeness (QED) is 0.624. The molecule has 0 aliphatic rings. The predicted molar refractivity (Wildman–Crippen MR) is 44.8 cm³/mol. The number of aliphatic hydroxyl groups is 1. The molecule has 60 valence electrons. The topological polar surface area (TPSA) is 46.2 Å². The summed E-state index contributed by atoms with van der Waals surface area (Å²) in [5.74, 6) is 0. The maximum atomic E-state index is 9.57. The first-order valence-corrected chi connectivity index (χ1v) is 3.73. The molecule has 2 heteroatoms. The molecule has 1 aromatic rings. The number of rotatable bonds is 2. The fourth-order valence-corrected chi connectivity index (χ4v) is 0.931. The van der Waals surface area contributed by atoms with Crippen LogP contribution in [0.15, 0.2) is 30.3 Å². The van der Waals surface area contributed by atoms with Gasteiger partial charge in [0.05, 0.1) is 0 Å². The first kappa shape index (κ1) is 8.24. The Kier molecular flexibility index (Phi) is 2.27. The first-order valence-electron chi connectivity index (χ1n) is 3.73.